The van der Waals surface area contributed by atoms with Crippen molar-refractivity contribution in [1.82, 2.24) is 0 Å². The summed E-state index contributed by atoms with van der Waals surface area (Å²) in [5.74, 6) is -1.04. The summed E-state index contributed by atoms with van der Waals surface area (Å²) in [6.45, 7) is 4.16. The van der Waals surface area contributed by atoms with Crippen molar-refractivity contribution in [3.05, 3.63) is 40.9 Å². The first kappa shape index (κ1) is 12.8. The number of halogens is 1. The molecule has 1 aromatic rings. The number of carboxylic acid groups (broad SMARTS) is 1. The fraction of sp³-hybridized carbons (Fsp3) is 0.231. The molecule has 1 N–H and O–H groups in total. The van der Waals surface area contributed by atoms with Crippen LogP contribution in [-0.4, -0.2) is 23.5 Å². The molecule has 1 atom stereocenters. The molecule has 0 aliphatic carbocycles. The van der Waals surface area contributed by atoms with E-state index in [4.69, 9.17) is 0 Å². The lowest BCUT2D eigenvalue weighted by atomic mass is 10.1. The normalized spacial score (nSPS) is 19.1. The Bertz CT molecular complexity index is 527. The maximum Gasteiger partial charge on any atom is 0.337 e. The minimum atomic E-state index is -1.04. The predicted octanol–water partition coefficient (Wildman–Crippen LogP) is 2.69. The molecule has 94 valence electrons. The molecule has 0 bridgehead atoms. The number of carbonyl (C=O) groups excluding carboxylic acids is 1. The molecule has 1 saturated heterocycles. The van der Waals surface area contributed by atoms with Gasteiger partial charge in [-0.25, -0.2) is 4.79 Å². The average Bonchev–Trinajstić information content (AvgIpc) is 2.70. The van der Waals surface area contributed by atoms with Gasteiger partial charge in [0.05, 0.1) is 11.3 Å². The van der Waals surface area contributed by atoms with E-state index in [0.29, 0.717) is 23.1 Å². The Balaban J connectivity index is 2.48. The van der Waals surface area contributed by atoms with Gasteiger partial charge < -0.3 is 10.0 Å². The lowest BCUT2D eigenvalue weighted by Gasteiger charge is -2.20. The van der Waals surface area contributed by atoms with E-state index in [9.17, 15) is 14.7 Å². The molecule has 1 aromatic carbocycles. The van der Waals surface area contributed by atoms with Crippen molar-refractivity contribution in [3.8, 4) is 0 Å². The molecular weight excluding hydrogens is 298 g/mol. The van der Waals surface area contributed by atoms with Gasteiger partial charge in [0, 0.05) is 23.4 Å². The van der Waals surface area contributed by atoms with Crippen molar-refractivity contribution in [2.45, 2.75) is 6.42 Å². The molecule has 0 saturated carbocycles. The number of aromatic carboxylic acids is 1. The van der Waals surface area contributed by atoms with Gasteiger partial charge in [0.15, 0.2) is 0 Å². The second-order valence-corrected chi connectivity index (χ2v) is 5.00. The summed E-state index contributed by atoms with van der Waals surface area (Å²) in [7, 11) is 0. The van der Waals surface area contributed by atoms with Crippen LogP contribution in [0.15, 0.2) is 35.3 Å². The fourth-order valence-corrected chi connectivity index (χ4v) is 2.65. The van der Waals surface area contributed by atoms with Gasteiger partial charge in [-0.15, -0.1) is 6.58 Å². The van der Waals surface area contributed by atoms with Crippen LogP contribution in [-0.2, 0) is 4.79 Å². The minimum Gasteiger partial charge on any atom is -0.478 e. The van der Waals surface area contributed by atoms with Crippen molar-refractivity contribution in [2.75, 3.05) is 11.4 Å². The van der Waals surface area contributed by atoms with E-state index in [1.807, 2.05) is 0 Å². The zero-order valence-electron chi connectivity index (χ0n) is 9.60. The number of anilines is 1. The Labute approximate surface area is 113 Å². The van der Waals surface area contributed by atoms with Gasteiger partial charge in [0.1, 0.15) is 0 Å². The Morgan fingerprint density at radius 1 is 1.56 bits per heavy atom. The molecule has 1 amide bonds. The SMILES string of the molecule is C=CC1CC(=O)N(c2c(Br)cccc2C(=O)O)C1. The smallest absolute Gasteiger partial charge is 0.337 e. The van der Waals surface area contributed by atoms with Crippen LogP contribution in [0.3, 0.4) is 0 Å². The number of rotatable bonds is 3. The largest absolute Gasteiger partial charge is 0.478 e. The molecule has 0 spiro atoms. The summed E-state index contributed by atoms with van der Waals surface area (Å²) in [6.07, 6.45) is 2.11. The summed E-state index contributed by atoms with van der Waals surface area (Å²) in [5.41, 5.74) is 0.557. The van der Waals surface area contributed by atoms with E-state index in [1.165, 1.54) is 11.0 Å². The van der Waals surface area contributed by atoms with Crippen LogP contribution >= 0.6 is 15.9 Å². The van der Waals surface area contributed by atoms with Crippen molar-refractivity contribution in [3.63, 3.8) is 0 Å². The predicted molar refractivity (Wildman–Crippen MR) is 71.8 cm³/mol. The van der Waals surface area contributed by atoms with Gasteiger partial charge in [-0.3, -0.25) is 4.79 Å². The summed E-state index contributed by atoms with van der Waals surface area (Å²) in [5, 5.41) is 9.18. The fourth-order valence-electron chi connectivity index (χ4n) is 2.07. The van der Waals surface area contributed by atoms with E-state index in [1.54, 1.807) is 18.2 Å². The van der Waals surface area contributed by atoms with Crippen LogP contribution in [0.5, 0.6) is 0 Å². The third kappa shape index (κ3) is 2.18. The molecule has 1 heterocycles. The zero-order valence-corrected chi connectivity index (χ0v) is 11.2. The highest BCUT2D eigenvalue weighted by Crippen LogP contribution is 2.34. The zero-order chi connectivity index (χ0) is 13.3. The number of carboxylic acids is 1. The Morgan fingerprint density at radius 3 is 2.83 bits per heavy atom. The Hall–Kier alpha value is -1.62. The summed E-state index contributed by atoms with van der Waals surface area (Å²) in [6, 6.07) is 4.87. The Morgan fingerprint density at radius 2 is 2.28 bits per heavy atom. The van der Waals surface area contributed by atoms with Gasteiger partial charge in [-0.1, -0.05) is 12.1 Å². The maximum atomic E-state index is 11.9. The second kappa shape index (κ2) is 4.94. The van der Waals surface area contributed by atoms with Gasteiger partial charge in [0.25, 0.3) is 0 Å². The second-order valence-electron chi connectivity index (χ2n) is 4.15. The van der Waals surface area contributed by atoms with Crippen molar-refractivity contribution >= 4 is 33.5 Å². The van der Waals surface area contributed by atoms with E-state index >= 15 is 0 Å². The third-order valence-electron chi connectivity index (χ3n) is 2.98. The van der Waals surface area contributed by atoms with Gasteiger partial charge in [0.2, 0.25) is 5.91 Å². The van der Waals surface area contributed by atoms with Gasteiger partial charge in [-0.2, -0.15) is 0 Å². The summed E-state index contributed by atoms with van der Waals surface area (Å²) < 4.78 is 0.612. The molecule has 0 aromatic heterocycles. The number of benzene rings is 1. The molecule has 4 nitrogen and oxygen atoms in total. The van der Waals surface area contributed by atoms with Crippen LogP contribution < -0.4 is 4.90 Å². The first-order valence-electron chi connectivity index (χ1n) is 5.49. The molecule has 1 unspecified atom stereocenters. The van der Waals surface area contributed by atoms with Crippen molar-refractivity contribution in [2.24, 2.45) is 5.92 Å². The number of hydrogen-bond acceptors (Lipinski definition) is 2. The van der Waals surface area contributed by atoms with Crippen LogP contribution in [0, 0.1) is 5.92 Å². The number of nitrogens with zero attached hydrogens (tertiary/aromatic N) is 1. The van der Waals surface area contributed by atoms with Crippen LogP contribution in [0.4, 0.5) is 5.69 Å². The van der Waals surface area contributed by atoms with Gasteiger partial charge in [-0.05, 0) is 28.1 Å². The highest BCUT2D eigenvalue weighted by Gasteiger charge is 2.32. The van der Waals surface area contributed by atoms with E-state index in [0.717, 1.165) is 0 Å². The summed E-state index contributed by atoms with van der Waals surface area (Å²) >= 11 is 3.31. The first-order chi connectivity index (χ1) is 8.54. The topological polar surface area (TPSA) is 57.6 Å². The first-order valence-corrected chi connectivity index (χ1v) is 6.28. The molecule has 2 rings (SSSR count). The van der Waals surface area contributed by atoms with E-state index in [-0.39, 0.29) is 17.4 Å². The highest BCUT2D eigenvalue weighted by molar-refractivity contribution is 9.10. The molecule has 5 heteroatoms. The van der Waals surface area contributed by atoms with Crippen molar-refractivity contribution < 1.29 is 14.7 Å². The average molecular weight is 310 g/mol. The molecule has 1 fully saturated rings. The molecule has 18 heavy (non-hydrogen) atoms. The van der Waals surface area contributed by atoms with Gasteiger partial charge >= 0.3 is 5.97 Å². The number of carbonyl (C=O) groups is 2. The number of amides is 1. The molecule has 0 radical (unpaired) electrons. The lowest BCUT2D eigenvalue weighted by molar-refractivity contribution is -0.117. The Kier molecular flexibility index (Phi) is 3.52. The van der Waals surface area contributed by atoms with Crippen LogP contribution in [0.1, 0.15) is 16.8 Å². The molecule has 1 aliphatic heterocycles. The number of hydrogen-bond donors (Lipinski definition) is 1. The summed E-state index contributed by atoms with van der Waals surface area (Å²) in [4.78, 5) is 24.7. The maximum absolute atomic E-state index is 11.9. The third-order valence-corrected chi connectivity index (χ3v) is 3.62. The lowest BCUT2D eigenvalue weighted by Crippen LogP contribution is -2.26. The van der Waals surface area contributed by atoms with E-state index < -0.39 is 5.97 Å². The molecule has 1 aliphatic rings. The van der Waals surface area contributed by atoms with E-state index in [2.05, 4.69) is 22.5 Å². The van der Waals surface area contributed by atoms with Crippen LogP contribution in [0.25, 0.3) is 0 Å². The monoisotopic (exact) mass is 309 g/mol. The number of para-hydroxylation sites is 1. The van der Waals surface area contributed by atoms with Crippen LogP contribution in [0.2, 0.25) is 0 Å². The minimum absolute atomic E-state index is 0.0747. The standard InChI is InChI=1S/C13H12BrNO3/c1-2-8-6-11(16)15(7-8)12-9(13(17)18)4-3-5-10(12)14/h2-5,8H,1,6-7H2,(H,17,18). The molecular formula is C13H12BrNO3. The van der Waals surface area contributed by atoms with Crippen molar-refractivity contribution in [1.29, 1.82) is 0 Å². The quantitative estimate of drug-likeness (QED) is 0.873. The highest BCUT2D eigenvalue weighted by atomic mass is 79.9.